The number of carbonyl (C=O) groups is 1. The highest BCUT2D eigenvalue weighted by Gasteiger charge is 2.23. The third-order valence-electron chi connectivity index (χ3n) is 2.78. The molecule has 1 aromatic carbocycles. The van der Waals surface area contributed by atoms with Crippen molar-refractivity contribution in [3.63, 3.8) is 0 Å². The minimum absolute atomic E-state index is 0. The van der Waals surface area contributed by atoms with Crippen LogP contribution in [0.5, 0.6) is 0 Å². The molecule has 5 heteroatoms. The quantitative estimate of drug-likeness (QED) is 0.850. The van der Waals surface area contributed by atoms with Gasteiger partial charge in [-0.3, -0.25) is 4.79 Å². The molecule has 0 saturated carbocycles. The third kappa shape index (κ3) is 3.98. The van der Waals surface area contributed by atoms with Crippen LogP contribution in [-0.2, 0) is 11.2 Å². The molecule has 0 radical (unpaired) electrons. The van der Waals surface area contributed by atoms with Gasteiger partial charge in [-0.05, 0) is 24.1 Å². The van der Waals surface area contributed by atoms with Crippen molar-refractivity contribution < 1.29 is 9.18 Å². The lowest BCUT2D eigenvalue weighted by atomic mass is 10.0. The lowest BCUT2D eigenvalue weighted by Crippen LogP contribution is -2.51. The van der Waals surface area contributed by atoms with Gasteiger partial charge in [0.25, 0.3) is 0 Å². The predicted molar refractivity (Wildman–Crippen MR) is 66.7 cm³/mol. The summed E-state index contributed by atoms with van der Waals surface area (Å²) in [6.45, 7) is 2.17. The number of carbonyl (C=O) groups excluding carboxylic acids is 1. The minimum atomic E-state index is -0.228. The standard InChI is InChI=1S/C12H15FN2O.ClH/c13-11-3-1-9(2-4-11)5-6-15-12(16)10-7-14-8-10;/h1-4,10,14H,5-8H2,(H,15,16);1H. The molecular formula is C12H16ClFN2O. The van der Waals surface area contributed by atoms with Crippen molar-refractivity contribution in [2.45, 2.75) is 6.42 Å². The normalized spacial score (nSPS) is 14.6. The largest absolute Gasteiger partial charge is 0.355 e. The monoisotopic (exact) mass is 258 g/mol. The fourth-order valence-electron chi connectivity index (χ4n) is 1.60. The SMILES string of the molecule is Cl.O=C(NCCc1ccc(F)cc1)C1CNC1. The summed E-state index contributed by atoms with van der Waals surface area (Å²) >= 11 is 0. The highest BCUT2D eigenvalue weighted by molar-refractivity contribution is 5.85. The molecule has 3 nitrogen and oxygen atoms in total. The number of amides is 1. The maximum Gasteiger partial charge on any atom is 0.225 e. The number of hydrogen-bond acceptors (Lipinski definition) is 2. The maximum atomic E-state index is 12.6. The van der Waals surface area contributed by atoms with E-state index in [1.165, 1.54) is 12.1 Å². The van der Waals surface area contributed by atoms with Crippen molar-refractivity contribution in [1.82, 2.24) is 10.6 Å². The lowest BCUT2D eigenvalue weighted by Gasteiger charge is -2.25. The van der Waals surface area contributed by atoms with Gasteiger partial charge in [0.2, 0.25) is 5.91 Å². The second-order valence-corrected chi connectivity index (χ2v) is 4.02. The summed E-state index contributed by atoms with van der Waals surface area (Å²) < 4.78 is 12.6. The Morgan fingerprint density at radius 1 is 1.35 bits per heavy atom. The van der Waals surface area contributed by atoms with Gasteiger partial charge in [-0.1, -0.05) is 12.1 Å². The van der Waals surface area contributed by atoms with Gasteiger partial charge in [0.05, 0.1) is 5.92 Å². The summed E-state index contributed by atoms with van der Waals surface area (Å²) in [5.74, 6) is 0.0161. The van der Waals surface area contributed by atoms with E-state index in [2.05, 4.69) is 10.6 Å². The molecular weight excluding hydrogens is 243 g/mol. The van der Waals surface area contributed by atoms with Gasteiger partial charge < -0.3 is 10.6 Å². The zero-order chi connectivity index (χ0) is 11.4. The van der Waals surface area contributed by atoms with Crippen molar-refractivity contribution in [3.05, 3.63) is 35.6 Å². The lowest BCUT2D eigenvalue weighted by molar-refractivity contribution is -0.126. The summed E-state index contributed by atoms with van der Waals surface area (Å²) in [5, 5.41) is 5.93. The van der Waals surface area contributed by atoms with Gasteiger partial charge in [-0.2, -0.15) is 0 Å². The van der Waals surface area contributed by atoms with Crippen molar-refractivity contribution in [2.24, 2.45) is 5.92 Å². The van der Waals surface area contributed by atoms with E-state index in [4.69, 9.17) is 0 Å². The van der Waals surface area contributed by atoms with Crippen LogP contribution in [0, 0.1) is 11.7 Å². The molecule has 0 unspecified atom stereocenters. The van der Waals surface area contributed by atoms with Crippen molar-refractivity contribution in [2.75, 3.05) is 19.6 Å². The average molecular weight is 259 g/mol. The second-order valence-electron chi connectivity index (χ2n) is 4.02. The molecule has 1 saturated heterocycles. The summed E-state index contributed by atoms with van der Waals surface area (Å²) in [6, 6.07) is 6.36. The first-order valence-electron chi connectivity index (χ1n) is 5.48. The van der Waals surface area contributed by atoms with Crippen LogP contribution >= 0.6 is 12.4 Å². The molecule has 1 aliphatic rings. The summed E-state index contributed by atoms with van der Waals surface area (Å²) in [6.07, 6.45) is 0.742. The highest BCUT2D eigenvalue weighted by Crippen LogP contribution is 2.04. The Kier molecular flexibility index (Phi) is 5.38. The molecule has 1 heterocycles. The highest BCUT2D eigenvalue weighted by atomic mass is 35.5. The minimum Gasteiger partial charge on any atom is -0.355 e. The summed E-state index contributed by atoms with van der Waals surface area (Å²) in [5.41, 5.74) is 1.04. The molecule has 0 atom stereocenters. The molecule has 0 aliphatic carbocycles. The van der Waals surface area contributed by atoms with Gasteiger partial charge in [-0.25, -0.2) is 4.39 Å². The zero-order valence-corrected chi connectivity index (χ0v) is 10.2. The van der Waals surface area contributed by atoms with E-state index in [9.17, 15) is 9.18 Å². The molecule has 0 aromatic heterocycles. The van der Waals surface area contributed by atoms with E-state index in [1.807, 2.05) is 0 Å². The Labute approximate surface area is 106 Å². The van der Waals surface area contributed by atoms with E-state index in [1.54, 1.807) is 12.1 Å². The smallest absolute Gasteiger partial charge is 0.225 e. The Balaban J connectivity index is 0.00000144. The number of benzene rings is 1. The molecule has 17 heavy (non-hydrogen) atoms. The molecule has 2 rings (SSSR count). The van der Waals surface area contributed by atoms with E-state index >= 15 is 0 Å². The fourth-order valence-corrected chi connectivity index (χ4v) is 1.60. The van der Waals surface area contributed by atoms with Crippen LogP contribution in [0.3, 0.4) is 0 Å². The number of nitrogens with one attached hydrogen (secondary N) is 2. The second kappa shape index (κ2) is 6.57. The van der Waals surface area contributed by atoms with E-state index in [0.29, 0.717) is 6.54 Å². The van der Waals surface area contributed by atoms with Crippen LogP contribution in [0.1, 0.15) is 5.56 Å². The van der Waals surface area contributed by atoms with E-state index in [0.717, 1.165) is 25.1 Å². The van der Waals surface area contributed by atoms with Crippen molar-refractivity contribution >= 4 is 18.3 Å². The van der Waals surface area contributed by atoms with Crippen LogP contribution in [0.2, 0.25) is 0 Å². The van der Waals surface area contributed by atoms with Gasteiger partial charge in [0, 0.05) is 19.6 Å². The summed E-state index contributed by atoms with van der Waals surface area (Å²) in [4.78, 5) is 11.5. The Bertz CT molecular complexity index is 365. The summed E-state index contributed by atoms with van der Waals surface area (Å²) in [7, 11) is 0. The van der Waals surface area contributed by atoms with Crippen LogP contribution < -0.4 is 10.6 Å². The number of rotatable bonds is 4. The van der Waals surface area contributed by atoms with Gasteiger partial charge >= 0.3 is 0 Å². The van der Waals surface area contributed by atoms with Crippen LogP contribution in [0.25, 0.3) is 0 Å². The molecule has 2 N–H and O–H groups in total. The number of hydrogen-bond donors (Lipinski definition) is 2. The van der Waals surface area contributed by atoms with E-state index in [-0.39, 0.29) is 30.0 Å². The molecule has 0 spiro atoms. The zero-order valence-electron chi connectivity index (χ0n) is 9.41. The van der Waals surface area contributed by atoms with Crippen LogP contribution in [0.4, 0.5) is 4.39 Å². The third-order valence-corrected chi connectivity index (χ3v) is 2.78. The maximum absolute atomic E-state index is 12.6. The van der Waals surface area contributed by atoms with Gasteiger partial charge in [0.1, 0.15) is 5.82 Å². The van der Waals surface area contributed by atoms with Crippen molar-refractivity contribution in [3.8, 4) is 0 Å². The topological polar surface area (TPSA) is 41.1 Å². The number of halogens is 2. The molecule has 1 amide bonds. The van der Waals surface area contributed by atoms with Gasteiger partial charge in [0.15, 0.2) is 0 Å². The molecule has 1 aromatic rings. The van der Waals surface area contributed by atoms with Crippen molar-refractivity contribution in [1.29, 1.82) is 0 Å². The first kappa shape index (κ1) is 13.9. The fraction of sp³-hybridized carbons (Fsp3) is 0.417. The van der Waals surface area contributed by atoms with Crippen LogP contribution in [0.15, 0.2) is 24.3 Å². The molecule has 1 aliphatic heterocycles. The Hall–Kier alpha value is -1.13. The molecule has 1 fully saturated rings. The Morgan fingerprint density at radius 2 is 2.00 bits per heavy atom. The Morgan fingerprint density at radius 3 is 2.53 bits per heavy atom. The molecule has 94 valence electrons. The first-order valence-corrected chi connectivity index (χ1v) is 5.48. The molecule has 0 bridgehead atoms. The predicted octanol–water partition coefficient (Wildman–Crippen LogP) is 1.13. The first-order chi connectivity index (χ1) is 7.75. The van der Waals surface area contributed by atoms with Crippen LogP contribution in [-0.4, -0.2) is 25.5 Å². The van der Waals surface area contributed by atoms with Gasteiger partial charge in [-0.15, -0.1) is 12.4 Å². The van der Waals surface area contributed by atoms with E-state index < -0.39 is 0 Å². The average Bonchev–Trinajstić information content (AvgIpc) is 2.18.